The highest BCUT2D eigenvalue weighted by Gasteiger charge is 2.10. The van der Waals surface area contributed by atoms with Crippen LogP contribution >= 0.6 is 0 Å². The van der Waals surface area contributed by atoms with Crippen LogP contribution in [0.4, 0.5) is 0 Å². The highest BCUT2D eigenvalue weighted by Crippen LogP contribution is 2.11. The van der Waals surface area contributed by atoms with Gasteiger partial charge in [0.15, 0.2) is 0 Å². The van der Waals surface area contributed by atoms with Crippen LogP contribution in [0.3, 0.4) is 0 Å². The predicted octanol–water partition coefficient (Wildman–Crippen LogP) is 1.85. The molecule has 5 heteroatoms. The van der Waals surface area contributed by atoms with E-state index in [4.69, 9.17) is 15.1 Å². The van der Waals surface area contributed by atoms with Crippen molar-refractivity contribution in [2.45, 2.75) is 6.92 Å². The number of carboxylic acids is 1. The first-order valence-corrected chi connectivity index (χ1v) is 5.20. The summed E-state index contributed by atoms with van der Waals surface area (Å²) in [6.45, 7) is 1.81. The second kappa shape index (κ2) is 6.21. The van der Waals surface area contributed by atoms with Gasteiger partial charge >= 0.3 is 11.9 Å². The van der Waals surface area contributed by atoms with E-state index in [1.807, 2.05) is 0 Å². The monoisotopic (exact) mass is 245 g/mol. The number of nitriles is 1. The first-order valence-electron chi connectivity index (χ1n) is 5.20. The number of carboxylic acid groups (broad SMARTS) is 1. The molecule has 0 atom stereocenters. The van der Waals surface area contributed by atoms with Crippen molar-refractivity contribution in [3.63, 3.8) is 0 Å². The summed E-state index contributed by atoms with van der Waals surface area (Å²) in [5, 5.41) is 17.6. The van der Waals surface area contributed by atoms with Crippen molar-refractivity contribution in [1.82, 2.24) is 0 Å². The lowest BCUT2D eigenvalue weighted by atomic mass is 10.1. The van der Waals surface area contributed by atoms with E-state index in [0.717, 1.165) is 0 Å². The number of ether oxygens (including phenoxy) is 1. The Morgan fingerprint density at radius 1 is 1.50 bits per heavy atom. The fourth-order valence-electron chi connectivity index (χ4n) is 1.27. The van der Waals surface area contributed by atoms with Crippen LogP contribution in [-0.2, 0) is 9.53 Å². The Morgan fingerprint density at radius 2 is 2.22 bits per heavy atom. The maximum absolute atomic E-state index is 11.4. The lowest BCUT2D eigenvalue weighted by molar-refractivity contribution is -0.137. The molecule has 0 aliphatic rings. The van der Waals surface area contributed by atoms with Crippen molar-refractivity contribution >= 4 is 18.0 Å². The van der Waals surface area contributed by atoms with Gasteiger partial charge in [-0.1, -0.05) is 12.1 Å². The Balaban J connectivity index is 3.07. The largest absolute Gasteiger partial charge is 0.478 e. The quantitative estimate of drug-likeness (QED) is 0.497. The minimum Gasteiger partial charge on any atom is -0.478 e. The second-order valence-corrected chi connectivity index (χ2v) is 3.32. The first kappa shape index (κ1) is 13.5. The van der Waals surface area contributed by atoms with Crippen molar-refractivity contribution < 1.29 is 19.4 Å². The van der Waals surface area contributed by atoms with Crippen LogP contribution in [-0.4, -0.2) is 23.7 Å². The van der Waals surface area contributed by atoms with Crippen LogP contribution in [0, 0.1) is 11.3 Å². The minimum atomic E-state index is -1.07. The van der Waals surface area contributed by atoms with Crippen LogP contribution in [0.15, 0.2) is 29.8 Å². The highest BCUT2D eigenvalue weighted by atomic mass is 16.5. The van der Waals surface area contributed by atoms with Gasteiger partial charge in [0.05, 0.1) is 12.2 Å². The Kier molecular flexibility index (Phi) is 4.64. The molecule has 18 heavy (non-hydrogen) atoms. The number of hydrogen-bond acceptors (Lipinski definition) is 4. The fourth-order valence-corrected chi connectivity index (χ4v) is 1.27. The van der Waals surface area contributed by atoms with E-state index in [2.05, 4.69) is 0 Å². The molecule has 1 N–H and O–H groups in total. The van der Waals surface area contributed by atoms with Gasteiger partial charge in [0.2, 0.25) is 0 Å². The topological polar surface area (TPSA) is 87.4 Å². The third-order valence-electron chi connectivity index (χ3n) is 2.06. The van der Waals surface area contributed by atoms with Crippen LogP contribution < -0.4 is 0 Å². The minimum absolute atomic E-state index is 0.0879. The summed E-state index contributed by atoms with van der Waals surface area (Å²) in [6.07, 6.45) is 1.30. The number of carbonyl (C=O) groups is 2. The van der Waals surface area contributed by atoms with Crippen LogP contribution in [0.25, 0.3) is 6.08 Å². The molecule has 0 fully saturated rings. The average Bonchev–Trinajstić information content (AvgIpc) is 2.36. The lowest BCUT2D eigenvalue weighted by Gasteiger charge is -2.00. The molecule has 0 radical (unpaired) electrons. The summed E-state index contributed by atoms with van der Waals surface area (Å²) in [6, 6.07) is 7.66. The molecule has 0 saturated carbocycles. The predicted molar refractivity (Wildman–Crippen MR) is 63.6 cm³/mol. The van der Waals surface area contributed by atoms with Crippen molar-refractivity contribution in [2.24, 2.45) is 0 Å². The highest BCUT2D eigenvalue weighted by molar-refractivity contribution is 5.98. The van der Waals surface area contributed by atoms with Crippen LogP contribution in [0.2, 0.25) is 0 Å². The zero-order chi connectivity index (χ0) is 13.5. The van der Waals surface area contributed by atoms with Crippen LogP contribution in [0.5, 0.6) is 0 Å². The number of nitrogens with zero attached hydrogens (tertiary/aromatic N) is 1. The smallest absolute Gasteiger partial charge is 0.348 e. The molecule has 0 aromatic heterocycles. The lowest BCUT2D eigenvalue weighted by Crippen LogP contribution is -2.06. The van der Waals surface area contributed by atoms with Crippen molar-refractivity contribution in [2.75, 3.05) is 6.61 Å². The number of hydrogen-bond donors (Lipinski definition) is 1. The molecule has 1 aromatic carbocycles. The van der Waals surface area contributed by atoms with Gasteiger partial charge in [-0.2, -0.15) is 5.26 Å². The van der Waals surface area contributed by atoms with Crippen molar-refractivity contribution in [3.05, 3.63) is 41.0 Å². The summed E-state index contributed by atoms with van der Waals surface area (Å²) in [4.78, 5) is 22.1. The van der Waals surface area contributed by atoms with Crippen LogP contribution in [0.1, 0.15) is 22.8 Å². The molecule has 5 nitrogen and oxygen atoms in total. The van der Waals surface area contributed by atoms with Gasteiger partial charge in [-0.05, 0) is 30.7 Å². The molecule has 92 valence electrons. The molecular weight excluding hydrogens is 234 g/mol. The molecule has 0 spiro atoms. The summed E-state index contributed by atoms with van der Waals surface area (Å²) in [7, 11) is 0. The van der Waals surface area contributed by atoms with Gasteiger partial charge in [0.1, 0.15) is 11.6 Å². The zero-order valence-electron chi connectivity index (χ0n) is 9.71. The maximum atomic E-state index is 11.4. The number of rotatable bonds is 4. The Labute approximate surface area is 104 Å². The molecule has 0 unspecified atom stereocenters. The Bertz CT molecular complexity index is 540. The molecule has 0 amide bonds. The maximum Gasteiger partial charge on any atom is 0.348 e. The van der Waals surface area contributed by atoms with Crippen molar-refractivity contribution in [3.8, 4) is 6.07 Å². The van der Waals surface area contributed by atoms with E-state index in [-0.39, 0.29) is 17.7 Å². The summed E-state index contributed by atoms with van der Waals surface area (Å²) in [5.41, 5.74) is 0.379. The number of esters is 1. The van der Waals surface area contributed by atoms with Gasteiger partial charge in [0, 0.05) is 0 Å². The Hall–Kier alpha value is -2.61. The van der Waals surface area contributed by atoms with E-state index in [1.54, 1.807) is 19.1 Å². The molecule has 1 rings (SSSR count). The standard InChI is InChI=1S/C13H11NO4/c1-2-18-13(17)11(8-14)7-9-4-3-5-10(6-9)12(15)16/h3-7H,2H2,1H3,(H,15,16). The summed E-state index contributed by atoms with van der Waals surface area (Å²) < 4.78 is 4.70. The molecule has 0 bridgehead atoms. The zero-order valence-corrected chi connectivity index (χ0v) is 9.71. The fraction of sp³-hybridized carbons (Fsp3) is 0.154. The average molecular weight is 245 g/mol. The molecule has 0 aliphatic heterocycles. The van der Waals surface area contributed by atoms with E-state index in [9.17, 15) is 9.59 Å². The molecule has 1 aromatic rings. The van der Waals surface area contributed by atoms with Gasteiger partial charge in [-0.3, -0.25) is 0 Å². The molecule has 0 aliphatic carbocycles. The van der Waals surface area contributed by atoms with Gasteiger partial charge in [-0.25, -0.2) is 9.59 Å². The molecule has 0 heterocycles. The summed E-state index contributed by atoms with van der Waals surface area (Å²) in [5.74, 6) is -1.79. The van der Waals surface area contributed by atoms with E-state index in [0.29, 0.717) is 5.56 Å². The second-order valence-electron chi connectivity index (χ2n) is 3.32. The van der Waals surface area contributed by atoms with E-state index < -0.39 is 11.9 Å². The van der Waals surface area contributed by atoms with Gasteiger partial charge in [-0.15, -0.1) is 0 Å². The van der Waals surface area contributed by atoms with E-state index in [1.165, 1.54) is 24.3 Å². The van der Waals surface area contributed by atoms with Crippen molar-refractivity contribution in [1.29, 1.82) is 5.26 Å². The Morgan fingerprint density at radius 3 is 2.78 bits per heavy atom. The molecule has 0 saturated heterocycles. The normalized spacial score (nSPS) is 10.6. The first-order chi connectivity index (χ1) is 8.58. The SMILES string of the molecule is CCOC(=O)C(C#N)=Cc1cccc(C(=O)O)c1. The number of carbonyl (C=O) groups excluding carboxylic acids is 1. The molecular formula is C13H11NO4. The van der Waals surface area contributed by atoms with Gasteiger partial charge < -0.3 is 9.84 Å². The summed E-state index contributed by atoms with van der Waals surface area (Å²) >= 11 is 0. The van der Waals surface area contributed by atoms with Gasteiger partial charge in [0.25, 0.3) is 0 Å². The third-order valence-corrected chi connectivity index (χ3v) is 2.06. The number of benzene rings is 1. The van der Waals surface area contributed by atoms with E-state index >= 15 is 0 Å². The third kappa shape index (κ3) is 3.46. The number of aromatic carboxylic acids is 1.